The monoisotopic (exact) mass is 333 g/mol. The van der Waals surface area contributed by atoms with Gasteiger partial charge in [0.05, 0.1) is 20.3 Å². The zero-order valence-electron chi connectivity index (χ0n) is 14.2. The molecule has 0 aromatic carbocycles. The highest BCUT2D eigenvalue weighted by molar-refractivity contribution is 6.81. The Morgan fingerprint density at radius 1 is 1.04 bits per heavy atom. The van der Waals surface area contributed by atoms with Gasteiger partial charge in [0.15, 0.2) is 11.8 Å². The summed E-state index contributed by atoms with van der Waals surface area (Å²) in [5.41, 5.74) is 2.60. The Bertz CT molecular complexity index is 616. The molecule has 2 N–H and O–H groups in total. The molecule has 1 aromatic rings. The normalized spacial score (nSPS) is 33.6. The molecule has 2 heterocycles. The van der Waals surface area contributed by atoms with Gasteiger partial charge in [0.25, 0.3) is 0 Å². The molecule has 0 spiro atoms. The SMILES string of the molecule is C=CCn1c(O)c2c(c1O)C1C3OC3C2C1[Si](CC)(CC)CC. The van der Waals surface area contributed by atoms with Crippen LogP contribution in [0.15, 0.2) is 12.7 Å². The minimum absolute atomic E-state index is 0.245. The minimum Gasteiger partial charge on any atom is -0.494 e. The Morgan fingerprint density at radius 3 is 1.91 bits per heavy atom. The second kappa shape index (κ2) is 4.90. The second-order valence-electron chi connectivity index (χ2n) is 7.44. The first-order valence-electron chi connectivity index (χ1n) is 8.96. The van der Waals surface area contributed by atoms with Crippen LogP contribution in [0.2, 0.25) is 23.7 Å². The number of nitrogens with zero attached hydrogens (tertiary/aromatic N) is 1. The Labute approximate surface area is 138 Å². The number of aromatic nitrogens is 1. The van der Waals surface area contributed by atoms with Crippen LogP contribution in [-0.4, -0.2) is 35.1 Å². The van der Waals surface area contributed by atoms with Crippen LogP contribution >= 0.6 is 0 Å². The van der Waals surface area contributed by atoms with E-state index >= 15 is 0 Å². The Kier molecular flexibility index (Phi) is 3.26. The summed E-state index contributed by atoms with van der Waals surface area (Å²) < 4.78 is 7.52. The van der Waals surface area contributed by atoms with Crippen molar-refractivity contribution in [1.82, 2.24) is 4.57 Å². The molecule has 4 rings (SSSR count). The van der Waals surface area contributed by atoms with E-state index in [2.05, 4.69) is 27.4 Å². The van der Waals surface area contributed by atoms with Gasteiger partial charge in [-0.25, -0.2) is 0 Å². The van der Waals surface area contributed by atoms with Crippen molar-refractivity contribution in [3.8, 4) is 11.8 Å². The first-order chi connectivity index (χ1) is 11.1. The van der Waals surface area contributed by atoms with E-state index in [1.807, 2.05) is 0 Å². The number of hydrogen-bond donors (Lipinski definition) is 2. The van der Waals surface area contributed by atoms with Gasteiger partial charge in [0, 0.05) is 29.5 Å². The van der Waals surface area contributed by atoms with Crippen molar-refractivity contribution in [2.24, 2.45) is 0 Å². The van der Waals surface area contributed by atoms with Crippen LogP contribution in [0, 0.1) is 0 Å². The summed E-state index contributed by atoms with van der Waals surface area (Å²) in [6.45, 7) is 11.2. The van der Waals surface area contributed by atoms with Crippen molar-refractivity contribution in [2.75, 3.05) is 0 Å². The average Bonchev–Trinajstić information content (AvgIpc) is 3.14. The maximum Gasteiger partial charge on any atom is 0.198 e. The van der Waals surface area contributed by atoms with Crippen molar-refractivity contribution < 1.29 is 14.9 Å². The van der Waals surface area contributed by atoms with Crippen LogP contribution in [0.1, 0.15) is 43.7 Å². The first kappa shape index (κ1) is 15.3. The highest BCUT2D eigenvalue weighted by Crippen LogP contribution is 2.75. The zero-order valence-corrected chi connectivity index (χ0v) is 15.2. The molecule has 2 fully saturated rings. The molecule has 1 aromatic heterocycles. The van der Waals surface area contributed by atoms with Crippen LogP contribution in [0.4, 0.5) is 0 Å². The van der Waals surface area contributed by atoms with E-state index < -0.39 is 8.07 Å². The van der Waals surface area contributed by atoms with Gasteiger partial charge in [0.2, 0.25) is 0 Å². The molecule has 4 unspecified atom stereocenters. The third-order valence-electron chi connectivity index (χ3n) is 7.12. The lowest BCUT2D eigenvalue weighted by Gasteiger charge is -2.39. The van der Waals surface area contributed by atoms with Crippen molar-refractivity contribution in [1.29, 1.82) is 0 Å². The molecule has 126 valence electrons. The van der Waals surface area contributed by atoms with E-state index in [4.69, 9.17) is 4.74 Å². The van der Waals surface area contributed by atoms with Gasteiger partial charge in [-0.1, -0.05) is 45.0 Å². The fraction of sp³-hybridized carbons (Fsp3) is 0.667. The molecule has 4 nitrogen and oxygen atoms in total. The molecule has 5 heteroatoms. The summed E-state index contributed by atoms with van der Waals surface area (Å²) in [5.74, 6) is 1.08. The predicted molar refractivity (Wildman–Crippen MR) is 93.0 cm³/mol. The van der Waals surface area contributed by atoms with Gasteiger partial charge in [-0.05, 0) is 5.54 Å². The Morgan fingerprint density at radius 2 is 1.52 bits per heavy atom. The van der Waals surface area contributed by atoms with E-state index in [1.165, 1.54) is 18.1 Å². The van der Waals surface area contributed by atoms with Gasteiger partial charge >= 0.3 is 0 Å². The van der Waals surface area contributed by atoms with Crippen molar-refractivity contribution in [2.45, 2.75) is 75.0 Å². The standard InChI is InChI=1S/C18H27NO3Si/c1-5-9-19-17(20)10-11(18(19)21)13-15-14(22-15)12(10)16(13)23(6-2,7-3)8-4/h5,12-16,20-21H,1,6-9H2,2-4H3. The summed E-state index contributed by atoms with van der Waals surface area (Å²) in [7, 11) is -1.43. The molecule has 2 bridgehead atoms. The van der Waals surface area contributed by atoms with E-state index in [0.29, 0.717) is 23.9 Å². The number of hydrogen-bond acceptors (Lipinski definition) is 3. The number of aromatic hydroxyl groups is 2. The van der Waals surface area contributed by atoms with Gasteiger partial charge in [0.1, 0.15) is 0 Å². The van der Waals surface area contributed by atoms with Crippen LogP contribution in [0.5, 0.6) is 11.8 Å². The average molecular weight is 334 g/mol. The molecule has 23 heavy (non-hydrogen) atoms. The molecular formula is C18H27NO3Si. The van der Waals surface area contributed by atoms with E-state index in [9.17, 15) is 10.2 Å². The van der Waals surface area contributed by atoms with Gasteiger partial charge < -0.3 is 14.9 Å². The van der Waals surface area contributed by atoms with Crippen LogP contribution < -0.4 is 0 Å². The number of rotatable bonds is 6. The van der Waals surface area contributed by atoms with Gasteiger partial charge in [-0.3, -0.25) is 4.57 Å². The molecule has 0 amide bonds. The van der Waals surface area contributed by atoms with Crippen molar-refractivity contribution in [3.63, 3.8) is 0 Å². The molecular weight excluding hydrogens is 306 g/mol. The number of fused-ring (bicyclic) bond motifs is 8. The van der Waals surface area contributed by atoms with Gasteiger partial charge in [-0.2, -0.15) is 0 Å². The number of epoxide rings is 1. The van der Waals surface area contributed by atoms with Crippen LogP contribution in [0.25, 0.3) is 0 Å². The largest absolute Gasteiger partial charge is 0.494 e. The molecule has 1 saturated heterocycles. The summed E-state index contributed by atoms with van der Waals surface area (Å²) in [5, 5.41) is 21.5. The molecule has 4 atom stereocenters. The fourth-order valence-electron chi connectivity index (χ4n) is 5.84. The Hall–Kier alpha value is -1.20. The lowest BCUT2D eigenvalue weighted by molar-refractivity contribution is 0.285. The topological polar surface area (TPSA) is 57.9 Å². The molecule has 0 radical (unpaired) electrons. The highest BCUT2D eigenvalue weighted by Gasteiger charge is 2.72. The summed E-state index contributed by atoms with van der Waals surface area (Å²) in [6, 6.07) is 3.82. The van der Waals surface area contributed by atoms with Crippen LogP contribution in [-0.2, 0) is 11.3 Å². The molecule has 1 aliphatic heterocycles. The quantitative estimate of drug-likeness (QED) is 0.471. The maximum atomic E-state index is 10.7. The van der Waals surface area contributed by atoms with Crippen LogP contribution in [0.3, 0.4) is 0 Å². The summed E-state index contributed by atoms with van der Waals surface area (Å²) in [6.07, 6.45) is 2.27. The van der Waals surface area contributed by atoms with Crippen molar-refractivity contribution >= 4 is 8.07 Å². The lowest BCUT2D eigenvalue weighted by Crippen LogP contribution is -2.40. The first-order valence-corrected chi connectivity index (χ1v) is 11.7. The van der Waals surface area contributed by atoms with E-state index in [1.54, 1.807) is 10.6 Å². The molecule has 3 aliphatic rings. The highest BCUT2D eigenvalue weighted by atomic mass is 28.3. The third kappa shape index (κ3) is 1.65. The predicted octanol–water partition coefficient (Wildman–Crippen LogP) is 3.93. The summed E-state index contributed by atoms with van der Waals surface area (Å²) >= 11 is 0. The summed E-state index contributed by atoms with van der Waals surface area (Å²) in [4.78, 5) is 0. The fourth-order valence-corrected chi connectivity index (χ4v) is 11.0. The lowest BCUT2D eigenvalue weighted by atomic mass is 9.95. The minimum atomic E-state index is -1.43. The van der Waals surface area contributed by atoms with E-state index in [-0.39, 0.29) is 24.0 Å². The maximum absolute atomic E-state index is 10.7. The van der Waals surface area contributed by atoms with Gasteiger partial charge in [-0.15, -0.1) is 6.58 Å². The number of ether oxygens (including phenoxy) is 1. The Balaban J connectivity index is 1.85. The van der Waals surface area contributed by atoms with E-state index in [0.717, 1.165) is 11.1 Å². The molecule has 2 aliphatic carbocycles. The molecule has 1 saturated carbocycles. The smallest absolute Gasteiger partial charge is 0.198 e. The number of allylic oxidation sites excluding steroid dienone is 1. The second-order valence-corrected chi connectivity index (χ2v) is 13.0. The third-order valence-corrected chi connectivity index (χ3v) is 13.5. The van der Waals surface area contributed by atoms with Crippen molar-refractivity contribution in [3.05, 3.63) is 23.8 Å². The zero-order chi connectivity index (χ0) is 16.5.